The lowest BCUT2D eigenvalue weighted by Gasteiger charge is -2.14. The maximum Gasteiger partial charge on any atom is 0.182 e. The number of halogens is 1. The average Bonchev–Trinajstić information content (AvgIpc) is 3.48. The van der Waals surface area contributed by atoms with Crippen LogP contribution >= 0.6 is 22.9 Å². The summed E-state index contributed by atoms with van der Waals surface area (Å²) in [5.74, 6) is 1.54. The third kappa shape index (κ3) is 2.83. The highest BCUT2D eigenvalue weighted by Crippen LogP contribution is 2.47. The number of hydrogen-bond acceptors (Lipinski definition) is 8. The van der Waals surface area contributed by atoms with Crippen molar-refractivity contribution in [3.8, 4) is 17.0 Å². The first-order valence-electron chi connectivity index (χ1n) is 9.73. The molecule has 1 atom stereocenters. The molecule has 0 fully saturated rings. The van der Waals surface area contributed by atoms with Gasteiger partial charge < -0.3 is 19.7 Å². The molecular formula is C21H17ClN4O3S. The summed E-state index contributed by atoms with van der Waals surface area (Å²) in [5.41, 5.74) is 5.50. The van der Waals surface area contributed by atoms with Crippen molar-refractivity contribution >= 4 is 33.2 Å². The van der Waals surface area contributed by atoms with Crippen molar-refractivity contribution in [2.75, 3.05) is 6.54 Å². The van der Waals surface area contributed by atoms with Gasteiger partial charge in [0.05, 0.1) is 28.2 Å². The predicted octanol–water partition coefficient (Wildman–Crippen LogP) is 3.81. The van der Waals surface area contributed by atoms with Crippen LogP contribution in [0.15, 0.2) is 29.0 Å². The van der Waals surface area contributed by atoms with Gasteiger partial charge in [0, 0.05) is 52.5 Å². The van der Waals surface area contributed by atoms with Crippen LogP contribution in [-0.2, 0) is 26.0 Å². The molecule has 152 valence electrons. The lowest BCUT2D eigenvalue weighted by Crippen LogP contribution is -2.24. The Kier molecular flexibility index (Phi) is 4.28. The molecule has 0 spiro atoms. The second-order valence-corrected chi connectivity index (χ2v) is 9.03. The molecule has 0 radical (unpaired) electrons. The zero-order valence-electron chi connectivity index (χ0n) is 15.8. The molecule has 0 amide bonds. The largest absolute Gasteiger partial charge is 0.481 e. The number of aromatic nitrogens is 3. The molecule has 5 heterocycles. The van der Waals surface area contributed by atoms with Crippen LogP contribution in [0.3, 0.4) is 0 Å². The zero-order valence-corrected chi connectivity index (χ0v) is 17.4. The van der Waals surface area contributed by atoms with Crippen molar-refractivity contribution in [2.45, 2.75) is 32.1 Å². The van der Waals surface area contributed by atoms with Gasteiger partial charge in [-0.1, -0.05) is 16.8 Å². The van der Waals surface area contributed by atoms with Crippen LogP contribution < -0.4 is 10.1 Å². The highest BCUT2D eigenvalue weighted by Gasteiger charge is 2.34. The lowest BCUT2D eigenvalue weighted by atomic mass is 10.0. The Hall–Kier alpha value is -2.52. The number of nitrogens with zero attached hydrogens (tertiary/aromatic N) is 3. The van der Waals surface area contributed by atoms with Gasteiger partial charge >= 0.3 is 0 Å². The van der Waals surface area contributed by atoms with E-state index in [-0.39, 0.29) is 12.7 Å². The predicted molar refractivity (Wildman–Crippen MR) is 113 cm³/mol. The van der Waals surface area contributed by atoms with E-state index in [4.69, 9.17) is 20.9 Å². The third-order valence-corrected chi connectivity index (χ3v) is 6.94. The minimum atomic E-state index is -0.248. The molecule has 4 aromatic rings. The fourth-order valence-electron chi connectivity index (χ4n) is 4.24. The number of nitrogens with one attached hydrogen (secondary N) is 1. The van der Waals surface area contributed by atoms with Gasteiger partial charge in [0.15, 0.2) is 11.9 Å². The Labute approximate surface area is 180 Å². The molecule has 0 saturated carbocycles. The first-order chi connectivity index (χ1) is 14.7. The van der Waals surface area contributed by atoms with Crippen LogP contribution in [0.4, 0.5) is 0 Å². The van der Waals surface area contributed by atoms with Gasteiger partial charge in [0.1, 0.15) is 12.1 Å². The van der Waals surface area contributed by atoms with Crippen LogP contribution in [0.1, 0.15) is 33.6 Å². The molecule has 6 rings (SSSR count). The van der Waals surface area contributed by atoms with E-state index in [1.165, 1.54) is 17.7 Å². The lowest BCUT2D eigenvalue weighted by molar-refractivity contribution is 0.189. The number of aliphatic hydroxyl groups is 1. The second kappa shape index (κ2) is 7.02. The van der Waals surface area contributed by atoms with Crippen molar-refractivity contribution in [2.24, 2.45) is 0 Å². The molecule has 2 N–H and O–H groups in total. The topological polar surface area (TPSA) is 93.3 Å². The summed E-state index contributed by atoms with van der Waals surface area (Å²) in [6.07, 6.45) is 2.80. The highest BCUT2D eigenvalue weighted by atomic mass is 35.5. The van der Waals surface area contributed by atoms with Crippen LogP contribution in [0.2, 0.25) is 5.02 Å². The van der Waals surface area contributed by atoms with Crippen molar-refractivity contribution in [3.05, 3.63) is 57.0 Å². The number of hydrogen-bond donors (Lipinski definition) is 2. The van der Waals surface area contributed by atoms with Crippen LogP contribution in [0.5, 0.6) is 5.75 Å². The minimum Gasteiger partial charge on any atom is -0.481 e. The van der Waals surface area contributed by atoms with Gasteiger partial charge in [-0.3, -0.25) is 0 Å². The Morgan fingerprint density at radius 2 is 2.20 bits per heavy atom. The molecule has 2 aliphatic heterocycles. The van der Waals surface area contributed by atoms with E-state index >= 15 is 0 Å². The summed E-state index contributed by atoms with van der Waals surface area (Å²) in [4.78, 5) is 9.71. The van der Waals surface area contributed by atoms with E-state index in [0.29, 0.717) is 11.4 Å². The van der Waals surface area contributed by atoms with Crippen LogP contribution in [0, 0.1) is 0 Å². The maximum absolute atomic E-state index is 9.53. The van der Waals surface area contributed by atoms with E-state index in [9.17, 15) is 5.11 Å². The van der Waals surface area contributed by atoms with Crippen LogP contribution in [-0.4, -0.2) is 26.8 Å². The van der Waals surface area contributed by atoms with Gasteiger partial charge in [0.25, 0.3) is 0 Å². The fraction of sp³-hybridized carbons (Fsp3) is 0.286. The van der Waals surface area contributed by atoms with Crippen molar-refractivity contribution in [1.29, 1.82) is 0 Å². The number of fused-ring (bicyclic) bond motifs is 3. The highest BCUT2D eigenvalue weighted by molar-refractivity contribution is 7.19. The smallest absolute Gasteiger partial charge is 0.182 e. The standard InChI is InChI=1S/C21H17ClN4O3S/c22-11-3-10-4-17(20-14-7-23-2-1-15(14)26-29-20)28-19(10)13(5-11)18-21-16(24-9-25-18)6-12(8-27)30-21/h3,5-6,9,17,23,27H,1-2,4,7-8H2/t17-/m1/s1. The molecule has 2 aliphatic rings. The molecule has 9 heteroatoms. The first kappa shape index (κ1) is 18.3. The minimum absolute atomic E-state index is 0.0304. The normalized spacial score (nSPS) is 17.7. The van der Waals surface area contributed by atoms with E-state index in [1.807, 2.05) is 18.2 Å². The zero-order chi connectivity index (χ0) is 20.2. The van der Waals surface area contributed by atoms with Gasteiger partial charge in [-0.15, -0.1) is 11.3 Å². The summed E-state index contributed by atoms with van der Waals surface area (Å²) in [5, 5.41) is 17.8. The molecule has 30 heavy (non-hydrogen) atoms. The molecule has 0 unspecified atom stereocenters. The van der Waals surface area contributed by atoms with Crippen molar-refractivity contribution in [3.63, 3.8) is 0 Å². The Bertz CT molecular complexity index is 1280. The van der Waals surface area contributed by atoms with Gasteiger partial charge in [-0.2, -0.15) is 0 Å². The van der Waals surface area contributed by atoms with Gasteiger partial charge in [-0.05, 0) is 18.2 Å². The van der Waals surface area contributed by atoms with Crippen molar-refractivity contribution in [1.82, 2.24) is 20.4 Å². The molecule has 0 bridgehead atoms. The average molecular weight is 441 g/mol. The third-order valence-electron chi connectivity index (χ3n) is 5.60. The Morgan fingerprint density at radius 3 is 3.10 bits per heavy atom. The number of rotatable bonds is 3. The van der Waals surface area contributed by atoms with E-state index in [0.717, 1.165) is 74.2 Å². The molecule has 3 aromatic heterocycles. The quantitative estimate of drug-likeness (QED) is 0.500. The number of benzene rings is 1. The van der Waals surface area contributed by atoms with Crippen molar-refractivity contribution < 1.29 is 14.4 Å². The Morgan fingerprint density at radius 1 is 1.27 bits per heavy atom. The summed E-state index contributed by atoms with van der Waals surface area (Å²) < 4.78 is 13.0. The van der Waals surface area contributed by atoms with E-state index in [1.54, 1.807) is 0 Å². The maximum atomic E-state index is 9.53. The van der Waals surface area contributed by atoms with Gasteiger partial charge in [0.2, 0.25) is 0 Å². The number of thiophene rings is 1. The fourth-order valence-corrected chi connectivity index (χ4v) is 5.45. The molecule has 0 aliphatic carbocycles. The summed E-state index contributed by atoms with van der Waals surface area (Å²) in [7, 11) is 0. The molecule has 0 saturated heterocycles. The molecule has 7 nitrogen and oxygen atoms in total. The summed E-state index contributed by atoms with van der Waals surface area (Å²) >= 11 is 7.95. The van der Waals surface area contributed by atoms with E-state index < -0.39 is 0 Å². The summed E-state index contributed by atoms with van der Waals surface area (Å²) in [6, 6.07) is 5.70. The van der Waals surface area contributed by atoms with Crippen LogP contribution in [0.25, 0.3) is 21.5 Å². The molecular weight excluding hydrogens is 424 g/mol. The Balaban J connectivity index is 1.45. The molecule has 1 aromatic carbocycles. The first-order valence-corrected chi connectivity index (χ1v) is 10.9. The second-order valence-electron chi connectivity index (χ2n) is 7.46. The summed E-state index contributed by atoms with van der Waals surface area (Å²) in [6.45, 7) is 1.62. The SMILES string of the molecule is OCc1cc2ncnc(-c3cc(Cl)cc4c3O[C@@H](c3onc5c3CNCC5)C4)c2s1. The van der Waals surface area contributed by atoms with E-state index in [2.05, 4.69) is 20.4 Å². The number of aliphatic hydroxyl groups excluding tert-OH is 1. The van der Waals surface area contributed by atoms with Gasteiger partial charge in [-0.25, -0.2) is 9.97 Å². The monoisotopic (exact) mass is 440 g/mol. The number of ether oxygens (including phenoxy) is 1.